The maximum absolute atomic E-state index is 12.3. The number of hydrogen-bond donors (Lipinski definition) is 0. The van der Waals surface area contributed by atoms with Crippen molar-refractivity contribution in [3.63, 3.8) is 0 Å². The Morgan fingerprint density at radius 3 is 2.37 bits per heavy atom. The molecule has 0 bridgehead atoms. The van der Waals surface area contributed by atoms with E-state index in [1.165, 1.54) is 0 Å². The average Bonchev–Trinajstić information content (AvgIpc) is 2.41. The first kappa shape index (κ1) is 13.5. The van der Waals surface area contributed by atoms with Gasteiger partial charge in [0, 0.05) is 4.90 Å². The van der Waals surface area contributed by atoms with E-state index in [-0.39, 0.29) is 0 Å². The zero-order valence-electron chi connectivity index (χ0n) is 11.0. The van der Waals surface area contributed by atoms with E-state index in [0.29, 0.717) is 11.3 Å². The van der Waals surface area contributed by atoms with Crippen LogP contribution in [0, 0.1) is 25.2 Å². The highest BCUT2D eigenvalue weighted by Crippen LogP contribution is 2.17. The molecular weight excluding hydrogens is 254 g/mol. The fourth-order valence-corrected chi connectivity index (χ4v) is 3.05. The van der Waals surface area contributed by atoms with Gasteiger partial charge >= 0.3 is 0 Å². The normalized spacial score (nSPS) is 11.8. The monoisotopic (exact) mass is 269 g/mol. The summed E-state index contributed by atoms with van der Waals surface area (Å²) in [5.74, 6) is 0.487. The molecule has 19 heavy (non-hydrogen) atoms. The van der Waals surface area contributed by atoms with Gasteiger partial charge in [-0.3, -0.25) is 4.21 Å². The number of rotatable bonds is 3. The van der Waals surface area contributed by atoms with Crippen LogP contribution < -0.4 is 0 Å². The summed E-state index contributed by atoms with van der Waals surface area (Å²) in [6.45, 7) is 3.96. The molecule has 0 aliphatic rings. The van der Waals surface area contributed by atoms with Gasteiger partial charge in [-0.25, -0.2) is 0 Å². The highest BCUT2D eigenvalue weighted by molar-refractivity contribution is 7.84. The van der Waals surface area contributed by atoms with Crippen LogP contribution in [0.3, 0.4) is 0 Å². The molecule has 0 saturated heterocycles. The van der Waals surface area contributed by atoms with E-state index in [0.717, 1.165) is 21.6 Å². The average molecular weight is 269 g/mol. The summed E-state index contributed by atoms with van der Waals surface area (Å²) in [5, 5.41) is 8.83. The first-order chi connectivity index (χ1) is 9.10. The van der Waals surface area contributed by atoms with E-state index in [4.69, 9.17) is 5.26 Å². The van der Waals surface area contributed by atoms with Gasteiger partial charge in [0.05, 0.1) is 28.2 Å². The van der Waals surface area contributed by atoms with E-state index < -0.39 is 10.8 Å². The zero-order chi connectivity index (χ0) is 13.8. The van der Waals surface area contributed by atoms with E-state index in [1.54, 1.807) is 6.07 Å². The van der Waals surface area contributed by atoms with E-state index >= 15 is 0 Å². The number of nitrogens with zero attached hydrogens (tertiary/aromatic N) is 1. The molecule has 0 amide bonds. The molecule has 96 valence electrons. The molecule has 3 heteroatoms. The minimum atomic E-state index is -1.04. The van der Waals surface area contributed by atoms with Crippen molar-refractivity contribution in [2.45, 2.75) is 24.5 Å². The molecule has 0 aliphatic heterocycles. The van der Waals surface area contributed by atoms with Crippen molar-refractivity contribution in [1.82, 2.24) is 0 Å². The third-order valence-electron chi connectivity index (χ3n) is 3.04. The second-order valence-corrected chi connectivity index (χ2v) is 6.01. The summed E-state index contributed by atoms with van der Waals surface area (Å²) < 4.78 is 12.3. The minimum Gasteiger partial charge on any atom is -0.254 e. The van der Waals surface area contributed by atoms with Gasteiger partial charge in [-0.1, -0.05) is 23.8 Å². The van der Waals surface area contributed by atoms with Crippen LogP contribution in [0.1, 0.15) is 22.3 Å². The molecule has 0 N–H and O–H groups in total. The summed E-state index contributed by atoms with van der Waals surface area (Å²) in [4.78, 5) is 0.842. The molecule has 2 rings (SSSR count). The van der Waals surface area contributed by atoms with Crippen molar-refractivity contribution in [1.29, 1.82) is 5.26 Å². The topological polar surface area (TPSA) is 40.9 Å². The molecular formula is C16H15NOS. The SMILES string of the molecule is Cc1ccc(S(=O)Cc2ccc(C#N)cc2C)cc1. The Labute approximate surface area is 116 Å². The maximum Gasteiger partial charge on any atom is 0.0991 e. The van der Waals surface area contributed by atoms with Crippen LogP contribution in [0.5, 0.6) is 0 Å². The second-order valence-electron chi connectivity index (χ2n) is 4.56. The highest BCUT2D eigenvalue weighted by Gasteiger charge is 2.07. The van der Waals surface area contributed by atoms with Crippen LogP contribution in [-0.4, -0.2) is 4.21 Å². The number of hydrogen-bond acceptors (Lipinski definition) is 2. The summed E-state index contributed by atoms with van der Waals surface area (Å²) in [6, 6.07) is 15.4. The molecule has 0 heterocycles. The van der Waals surface area contributed by atoms with Crippen molar-refractivity contribution < 1.29 is 4.21 Å². The van der Waals surface area contributed by atoms with Gasteiger partial charge in [-0.2, -0.15) is 5.26 Å². The predicted molar refractivity (Wildman–Crippen MR) is 77.2 cm³/mol. The fourth-order valence-electron chi connectivity index (χ4n) is 1.84. The van der Waals surface area contributed by atoms with E-state index in [9.17, 15) is 4.21 Å². The molecule has 1 unspecified atom stereocenters. The number of nitriles is 1. The Balaban J connectivity index is 2.20. The predicted octanol–water partition coefficient (Wildman–Crippen LogP) is 3.48. The van der Waals surface area contributed by atoms with Crippen molar-refractivity contribution in [2.75, 3.05) is 0 Å². The molecule has 0 fully saturated rings. The Morgan fingerprint density at radius 2 is 1.79 bits per heavy atom. The lowest BCUT2D eigenvalue weighted by Crippen LogP contribution is -1.99. The van der Waals surface area contributed by atoms with Gasteiger partial charge < -0.3 is 0 Å². The summed E-state index contributed by atoms with van der Waals surface area (Å²) in [6.07, 6.45) is 0. The molecule has 0 saturated carbocycles. The van der Waals surface area contributed by atoms with E-state index in [1.807, 2.05) is 50.2 Å². The van der Waals surface area contributed by atoms with Gasteiger partial charge in [0.1, 0.15) is 0 Å². The summed E-state index contributed by atoms with van der Waals surface area (Å²) in [5.41, 5.74) is 3.84. The minimum absolute atomic E-state index is 0.487. The number of aryl methyl sites for hydroxylation is 2. The first-order valence-electron chi connectivity index (χ1n) is 6.05. The molecule has 2 nitrogen and oxygen atoms in total. The smallest absolute Gasteiger partial charge is 0.0991 e. The van der Waals surface area contributed by atoms with Crippen molar-refractivity contribution >= 4 is 10.8 Å². The summed E-state index contributed by atoms with van der Waals surface area (Å²) in [7, 11) is -1.04. The Hall–Kier alpha value is -1.92. The van der Waals surface area contributed by atoms with E-state index in [2.05, 4.69) is 6.07 Å². The quantitative estimate of drug-likeness (QED) is 0.856. The lowest BCUT2D eigenvalue weighted by atomic mass is 10.1. The standard InChI is InChI=1S/C16H15NOS/c1-12-3-7-16(8-4-12)19(18)11-15-6-5-14(10-17)9-13(15)2/h3-9H,11H2,1-2H3. The van der Waals surface area contributed by atoms with Gasteiger partial charge in [0.25, 0.3) is 0 Å². The van der Waals surface area contributed by atoms with Crippen LogP contribution in [-0.2, 0) is 16.6 Å². The Kier molecular flexibility index (Phi) is 4.13. The maximum atomic E-state index is 12.3. The van der Waals surface area contributed by atoms with Crippen molar-refractivity contribution in [3.8, 4) is 6.07 Å². The lowest BCUT2D eigenvalue weighted by molar-refractivity contribution is 0.682. The third-order valence-corrected chi connectivity index (χ3v) is 4.41. The van der Waals surface area contributed by atoms with Crippen LogP contribution in [0.2, 0.25) is 0 Å². The third kappa shape index (κ3) is 3.30. The van der Waals surface area contributed by atoms with Gasteiger partial charge in [0.2, 0.25) is 0 Å². The second kappa shape index (κ2) is 5.81. The van der Waals surface area contributed by atoms with Crippen LogP contribution in [0.4, 0.5) is 0 Å². The Bertz CT molecular complexity index is 653. The molecule has 2 aromatic carbocycles. The molecule has 0 aromatic heterocycles. The molecule has 2 aromatic rings. The van der Waals surface area contributed by atoms with Crippen LogP contribution in [0.15, 0.2) is 47.4 Å². The van der Waals surface area contributed by atoms with Crippen molar-refractivity contribution in [2.24, 2.45) is 0 Å². The van der Waals surface area contributed by atoms with Gasteiger partial charge in [-0.05, 0) is 49.2 Å². The molecule has 0 radical (unpaired) electrons. The molecule has 0 aliphatic carbocycles. The highest BCUT2D eigenvalue weighted by atomic mass is 32.2. The van der Waals surface area contributed by atoms with Gasteiger partial charge in [0.15, 0.2) is 0 Å². The Morgan fingerprint density at radius 1 is 1.11 bits per heavy atom. The number of benzene rings is 2. The molecule has 0 spiro atoms. The first-order valence-corrected chi connectivity index (χ1v) is 7.36. The zero-order valence-corrected chi connectivity index (χ0v) is 11.8. The summed E-state index contributed by atoms with van der Waals surface area (Å²) >= 11 is 0. The van der Waals surface area contributed by atoms with Crippen LogP contribution in [0.25, 0.3) is 0 Å². The lowest BCUT2D eigenvalue weighted by Gasteiger charge is -2.06. The molecule has 1 atom stereocenters. The van der Waals surface area contributed by atoms with Gasteiger partial charge in [-0.15, -0.1) is 0 Å². The largest absolute Gasteiger partial charge is 0.254 e. The van der Waals surface area contributed by atoms with Crippen molar-refractivity contribution in [3.05, 3.63) is 64.7 Å². The van der Waals surface area contributed by atoms with Crippen LogP contribution >= 0.6 is 0 Å². The fraction of sp³-hybridized carbons (Fsp3) is 0.188.